The lowest BCUT2D eigenvalue weighted by atomic mass is 10.1. The third kappa shape index (κ3) is 2.93. The summed E-state index contributed by atoms with van der Waals surface area (Å²) in [5.74, 6) is -0.238. The predicted octanol–water partition coefficient (Wildman–Crippen LogP) is 0.847. The third-order valence-corrected chi connectivity index (χ3v) is 2.67. The fourth-order valence-electron chi connectivity index (χ4n) is 1.70. The van der Waals surface area contributed by atoms with Gasteiger partial charge in [0, 0.05) is 25.5 Å². The van der Waals surface area contributed by atoms with E-state index in [9.17, 15) is 4.79 Å². The smallest absolute Gasteiger partial charge is 0.264 e. The van der Waals surface area contributed by atoms with Crippen LogP contribution in [0.1, 0.15) is 5.56 Å². The number of rotatable bonds is 2. The monoisotopic (exact) mass is 243 g/mol. The Morgan fingerprint density at radius 3 is 2.67 bits per heavy atom. The zero-order chi connectivity index (χ0) is 12.8. The molecule has 1 aliphatic rings. The molecule has 92 valence electrons. The molecule has 5 heteroatoms. The van der Waals surface area contributed by atoms with Crippen molar-refractivity contribution in [3.05, 3.63) is 35.7 Å². The van der Waals surface area contributed by atoms with E-state index in [2.05, 4.69) is 4.98 Å². The van der Waals surface area contributed by atoms with Crippen molar-refractivity contribution in [2.45, 2.75) is 0 Å². The Balaban J connectivity index is 2.16. The standard InChI is InChI=1S/C13H13N3O2/c14-10-12(9-11-1-3-15-4-2-11)13(17)16-5-7-18-8-6-16/h1-4,9H,5-8H2/b12-9+. The highest BCUT2D eigenvalue weighted by molar-refractivity contribution is 6.01. The molecule has 1 aromatic heterocycles. The van der Waals surface area contributed by atoms with E-state index in [0.29, 0.717) is 26.3 Å². The number of morpholine rings is 1. The number of pyridine rings is 1. The molecular formula is C13H13N3O2. The number of hydrogen-bond acceptors (Lipinski definition) is 4. The van der Waals surface area contributed by atoms with Gasteiger partial charge in [0.1, 0.15) is 11.6 Å². The summed E-state index contributed by atoms with van der Waals surface area (Å²) < 4.78 is 5.18. The molecule has 0 aliphatic carbocycles. The molecule has 1 fully saturated rings. The molecule has 0 saturated carbocycles. The first-order valence-corrected chi connectivity index (χ1v) is 5.70. The SMILES string of the molecule is N#C/C(=C\c1ccncc1)C(=O)N1CCOCC1. The molecule has 0 radical (unpaired) electrons. The van der Waals surface area contributed by atoms with Gasteiger partial charge in [0.25, 0.3) is 5.91 Å². The molecule has 0 spiro atoms. The van der Waals surface area contributed by atoms with Gasteiger partial charge in [0.2, 0.25) is 0 Å². The van der Waals surface area contributed by atoms with Crippen LogP contribution in [0.4, 0.5) is 0 Å². The molecule has 5 nitrogen and oxygen atoms in total. The van der Waals surface area contributed by atoms with Crippen molar-refractivity contribution in [3.63, 3.8) is 0 Å². The second-order valence-corrected chi connectivity index (χ2v) is 3.85. The van der Waals surface area contributed by atoms with Crippen molar-refractivity contribution in [2.75, 3.05) is 26.3 Å². The van der Waals surface area contributed by atoms with Crippen LogP contribution in [0, 0.1) is 11.3 Å². The van der Waals surface area contributed by atoms with Gasteiger partial charge in [-0.05, 0) is 23.8 Å². The molecule has 0 N–H and O–H groups in total. The highest BCUT2D eigenvalue weighted by Gasteiger charge is 2.20. The molecule has 0 bridgehead atoms. The number of nitrogens with zero attached hydrogens (tertiary/aromatic N) is 3. The van der Waals surface area contributed by atoms with Crippen LogP contribution in [0.5, 0.6) is 0 Å². The van der Waals surface area contributed by atoms with Crippen LogP contribution in [0.15, 0.2) is 30.1 Å². The lowest BCUT2D eigenvalue weighted by Crippen LogP contribution is -2.41. The van der Waals surface area contributed by atoms with E-state index in [4.69, 9.17) is 10.00 Å². The molecule has 1 aliphatic heterocycles. The van der Waals surface area contributed by atoms with E-state index in [1.807, 2.05) is 6.07 Å². The molecule has 0 aromatic carbocycles. The van der Waals surface area contributed by atoms with E-state index in [0.717, 1.165) is 5.56 Å². The summed E-state index contributed by atoms with van der Waals surface area (Å²) in [6.07, 6.45) is 4.83. The minimum atomic E-state index is -0.238. The maximum absolute atomic E-state index is 12.1. The van der Waals surface area contributed by atoms with Gasteiger partial charge in [0.15, 0.2) is 0 Å². The number of carbonyl (C=O) groups is 1. The van der Waals surface area contributed by atoms with Gasteiger partial charge in [-0.15, -0.1) is 0 Å². The van der Waals surface area contributed by atoms with Crippen LogP contribution in [0.3, 0.4) is 0 Å². The minimum absolute atomic E-state index is 0.142. The lowest BCUT2D eigenvalue weighted by molar-refractivity contribution is -0.130. The van der Waals surface area contributed by atoms with Gasteiger partial charge in [0.05, 0.1) is 13.2 Å². The number of amides is 1. The summed E-state index contributed by atoms with van der Waals surface area (Å²) >= 11 is 0. The number of carbonyl (C=O) groups excluding carboxylic acids is 1. The Bertz CT molecular complexity index is 485. The third-order valence-electron chi connectivity index (χ3n) is 2.67. The normalized spacial score (nSPS) is 16.2. The Hall–Kier alpha value is -2.19. The van der Waals surface area contributed by atoms with Crippen molar-refractivity contribution in [1.82, 2.24) is 9.88 Å². The number of nitriles is 1. The van der Waals surface area contributed by atoms with Crippen molar-refractivity contribution in [1.29, 1.82) is 5.26 Å². The number of aromatic nitrogens is 1. The van der Waals surface area contributed by atoms with E-state index < -0.39 is 0 Å². The summed E-state index contributed by atoms with van der Waals surface area (Å²) in [7, 11) is 0. The average Bonchev–Trinajstić information content (AvgIpc) is 2.46. The van der Waals surface area contributed by atoms with Crippen LogP contribution < -0.4 is 0 Å². The van der Waals surface area contributed by atoms with Crippen LogP contribution in [-0.4, -0.2) is 42.1 Å². The summed E-state index contributed by atoms with van der Waals surface area (Å²) in [4.78, 5) is 17.6. The Kier molecular flexibility index (Phi) is 4.05. The predicted molar refractivity (Wildman–Crippen MR) is 65.2 cm³/mol. The molecule has 18 heavy (non-hydrogen) atoms. The van der Waals surface area contributed by atoms with Crippen molar-refractivity contribution >= 4 is 12.0 Å². The van der Waals surface area contributed by atoms with Crippen LogP contribution in [0.2, 0.25) is 0 Å². The van der Waals surface area contributed by atoms with E-state index >= 15 is 0 Å². The molecule has 1 aromatic rings. The second kappa shape index (κ2) is 5.94. The maximum atomic E-state index is 12.1. The van der Waals surface area contributed by atoms with Gasteiger partial charge >= 0.3 is 0 Å². The van der Waals surface area contributed by atoms with Gasteiger partial charge in [-0.3, -0.25) is 9.78 Å². The quantitative estimate of drug-likeness (QED) is 0.570. The Labute approximate surface area is 105 Å². The molecule has 0 atom stereocenters. The zero-order valence-electron chi connectivity index (χ0n) is 9.87. The number of hydrogen-bond donors (Lipinski definition) is 0. The van der Waals surface area contributed by atoms with Gasteiger partial charge in [-0.1, -0.05) is 0 Å². The van der Waals surface area contributed by atoms with Crippen molar-refractivity contribution in [3.8, 4) is 6.07 Å². The summed E-state index contributed by atoms with van der Waals surface area (Å²) in [5.41, 5.74) is 0.936. The van der Waals surface area contributed by atoms with Crippen molar-refractivity contribution in [2.24, 2.45) is 0 Å². The fourth-order valence-corrected chi connectivity index (χ4v) is 1.70. The average molecular weight is 243 g/mol. The summed E-state index contributed by atoms with van der Waals surface area (Å²) in [5, 5.41) is 9.08. The topological polar surface area (TPSA) is 66.2 Å². The highest BCUT2D eigenvalue weighted by atomic mass is 16.5. The summed E-state index contributed by atoms with van der Waals surface area (Å²) in [6.45, 7) is 2.13. The highest BCUT2D eigenvalue weighted by Crippen LogP contribution is 2.09. The van der Waals surface area contributed by atoms with E-state index in [1.165, 1.54) is 0 Å². The molecule has 1 amide bonds. The van der Waals surface area contributed by atoms with E-state index in [1.54, 1.807) is 35.5 Å². The molecule has 1 saturated heterocycles. The Morgan fingerprint density at radius 2 is 2.06 bits per heavy atom. The van der Waals surface area contributed by atoms with Gasteiger partial charge in [-0.2, -0.15) is 5.26 Å². The van der Waals surface area contributed by atoms with Gasteiger partial charge < -0.3 is 9.64 Å². The first-order chi connectivity index (χ1) is 8.81. The van der Waals surface area contributed by atoms with Crippen molar-refractivity contribution < 1.29 is 9.53 Å². The Morgan fingerprint density at radius 1 is 1.39 bits per heavy atom. The minimum Gasteiger partial charge on any atom is -0.378 e. The lowest BCUT2D eigenvalue weighted by Gasteiger charge is -2.26. The molecule has 2 heterocycles. The van der Waals surface area contributed by atoms with Crippen LogP contribution >= 0.6 is 0 Å². The first-order valence-electron chi connectivity index (χ1n) is 5.70. The van der Waals surface area contributed by atoms with E-state index in [-0.39, 0.29) is 11.5 Å². The largest absolute Gasteiger partial charge is 0.378 e. The van der Waals surface area contributed by atoms with Gasteiger partial charge in [-0.25, -0.2) is 0 Å². The fraction of sp³-hybridized carbons (Fsp3) is 0.308. The zero-order valence-corrected chi connectivity index (χ0v) is 9.87. The second-order valence-electron chi connectivity index (χ2n) is 3.85. The molecule has 0 unspecified atom stereocenters. The molecular weight excluding hydrogens is 230 g/mol. The maximum Gasteiger partial charge on any atom is 0.264 e. The van der Waals surface area contributed by atoms with Crippen LogP contribution in [0.25, 0.3) is 6.08 Å². The van der Waals surface area contributed by atoms with Crippen LogP contribution in [-0.2, 0) is 9.53 Å². The first kappa shape index (κ1) is 12.3. The summed E-state index contributed by atoms with van der Waals surface area (Å²) in [6, 6.07) is 5.46. The number of ether oxygens (including phenoxy) is 1. The molecule has 2 rings (SSSR count).